The first-order valence-corrected chi connectivity index (χ1v) is 11.2. The molecule has 0 fully saturated rings. The lowest BCUT2D eigenvalue weighted by Gasteiger charge is -2.16. The Kier molecular flexibility index (Phi) is 8.17. The molecule has 0 N–H and O–H groups in total. The van der Waals surface area contributed by atoms with Crippen LogP contribution in [0.4, 0.5) is 0 Å². The summed E-state index contributed by atoms with van der Waals surface area (Å²) in [5.41, 5.74) is 7.34. The van der Waals surface area contributed by atoms with Gasteiger partial charge in [-0.1, -0.05) is 108 Å². The molecule has 27 heavy (non-hydrogen) atoms. The molecule has 3 aromatic rings. The van der Waals surface area contributed by atoms with Crippen LogP contribution in [0.1, 0.15) is 53.5 Å². The van der Waals surface area contributed by atoms with E-state index in [2.05, 4.69) is 94.8 Å². The van der Waals surface area contributed by atoms with Crippen LogP contribution in [0.5, 0.6) is 0 Å². The van der Waals surface area contributed by atoms with E-state index in [1.165, 1.54) is 59.9 Å². The van der Waals surface area contributed by atoms with Crippen molar-refractivity contribution in [1.82, 2.24) is 0 Å². The average Bonchev–Trinajstić information content (AvgIpc) is 2.71. The lowest BCUT2D eigenvalue weighted by Crippen LogP contribution is -2.03. The standard InChI is InChI=1S/C26H29Br/c27-19-10-2-1-9-16-24-17-11-18-25(20-22-12-5-3-6-13-22)26(24)21-23-14-7-4-8-15-23/h3-8,11-15,17-18H,1-2,9-10,16,19-21H2. The number of hydrogen-bond donors (Lipinski definition) is 0. The monoisotopic (exact) mass is 420 g/mol. The van der Waals surface area contributed by atoms with E-state index in [0.29, 0.717) is 0 Å². The van der Waals surface area contributed by atoms with Crippen molar-refractivity contribution in [3.63, 3.8) is 0 Å². The van der Waals surface area contributed by atoms with Gasteiger partial charge < -0.3 is 0 Å². The van der Waals surface area contributed by atoms with Gasteiger partial charge in [0.25, 0.3) is 0 Å². The van der Waals surface area contributed by atoms with Gasteiger partial charge in [-0.15, -0.1) is 0 Å². The van der Waals surface area contributed by atoms with E-state index in [-0.39, 0.29) is 0 Å². The molecule has 0 nitrogen and oxygen atoms in total. The maximum Gasteiger partial charge on any atom is 0.00313 e. The van der Waals surface area contributed by atoms with E-state index in [0.717, 1.165) is 18.2 Å². The highest BCUT2D eigenvalue weighted by atomic mass is 79.9. The van der Waals surface area contributed by atoms with Crippen molar-refractivity contribution in [3.8, 4) is 0 Å². The van der Waals surface area contributed by atoms with Gasteiger partial charge in [0.15, 0.2) is 0 Å². The van der Waals surface area contributed by atoms with Gasteiger partial charge in [0.2, 0.25) is 0 Å². The fourth-order valence-electron chi connectivity index (χ4n) is 3.69. The maximum atomic E-state index is 3.54. The van der Waals surface area contributed by atoms with Crippen LogP contribution in [-0.4, -0.2) is 5.33 Å². The third-order valence-electron chi connectivity index (χ3n) is 5.16. The molecule has 0 aliphatic heterocycles. The Hall–Kier alpha value is -1.86. The van der Waals surface area contributed by atoms with Crippen LogP contribution in [0.3, 0.4) is 0 Å². The van der Waals surface area contributed by atoms with Gasteiger partial charge in [-0.3, -0.25) is 0 Å². The third-order valence-corrected chi connectivity index (χ3v) is 5.72. The van der Waals surface area contributed by atoms with Crippen molar-refractivity contribution in [2.45, 2.75) is 44.9 Å². The molecular formula is C26H29Br. The SMILES string of the molecule is BrCCCCCCc1cccc(Cc2ccccc2)c1Cc1ccccc1. The van der Waals surface area contributed by atoms with E-state index >= 15 is 0 Å². The molecule has 0 aliphatic carbocycles. The van der Waals surface area contributed by atoms with Crippen LogP contribution >= 0.6 is 15.9 Å². The zero-order valence-electron chi connectivity index (χ0n) is 16.0. The van der Waals surface area contributed by atoms with Crippen molar-refractivity contribution >= 4 is 15.9 Å². The Morgan fingerprint density at radius 3 is 1.78 bits per heavy atom. The molecule has 0 bridgehead atoms. The van der Waals surface area contributed by atoms with Crippen LogP contribution in [0.15, 0.2) is 78.9 Å². The van der Waals surface area contributed by atoms with Crippen molar-refractivity contribution < 1.29 is 0 Å². The second kappa shape index (κ2) is 11.1. The summed E-state index contributed by atoms with van der Waals surface area (Å²) in [7, 11) is 0. The largest absolute Gasteiger partial charge is 0.0928 e. The minimum atomic E-state index is 1.01. The number of hydrogen-bond acceptors (Lipinski definition) is 0. The van der Waals surface area contributed by atoms with Crippen LogP contribution in [0.25, 0.3) is 0 Å². The lowest BCUT2D eigenvalue weighted by molar-refractivity contribution is 0.669. The highest BCUT2D eigenvalue weighted by Crippen LogP contribution is 2.24. The summed E-state index contributed by atoms with van der Waals surface area (Å²) in [6, 6.07) is 28.7. The second-order valence-corrected chi connectivity index (χ2v) is 8.03. The van der Waals surface area contributed by atoms with Crippen molar-refractivity contribution in [1.29, 1.82) is 0 Å². The molecule has 0 saturated heterocycles. The maximum absolute atomic E-state index is 3.54. The first-order valence-electron chi connectivity index (χ1n) is 10.1. The Morgan fingerprint density at radius 2 is 1.11 bits per heavy atom. The smallest absolute Gasteiger partial charge is 0.00313 e. The van der Waals surface area contributed by atoms with Crippen LogP contribution in [-0.2, 0) is 19.3 Å². The third kappa shape index (κ3) is 6.36. The summed E-state index contributed by atoms with van der Waals surface area (Å²) in [6.07, 6.45) is 8.44. The molecule has 0 heterocycles. The van der Waals surface area contributed by atoms with Crippen molar-refractivity contribution in [2.24, 2.45) is 0 Å². The van der Waals surface area contributed by atoms with Crippen molar-refractivity contribution in [2.75, 3.05) is 5.33 Å². The van der Waals surface area contributed by atoms with Gasteiger partial charge in [-0.2, -0.15) is 0 Å². The first kappa shape index (κ1) is 19.9. The summed E-state index contributed by atoms with van der Waals surface area (Å²) in [6.45, 7) is 0. The predicted molar refractivity (Wildman–Crippen MR) is 121 cm³/mol. The number of rotatable bonds is 10. The molecule has 0 unspecified atom stereocenters. The van der Waals surface area contributed by atoms with E-state index in [1.54, 1.807) is 0 Å². The molecule has 0 radical (unpaired) electrons. The fraction of sp³-hybridized carbons (Fsp3) is 0.308. The molecule has 0 atom stereocenters. The minimum Gasteiger partial charge on any atom is -0.0928 e. The average molecular weight is 421 g/mol. The Bertz CT molecular complexity index is 793. The zero-order valence-corrected chi connectivity index (χ0v) is 17.6. The molecule has 0 saturated carbocycles. The van der Waals surface area contributed by atoms with Crippen molar-refractivity contribution in [3.05, 3.63) is 107 Å². The predicted octanol–water partition coefficient (Wildman–Crippen LogP) is 7.37. The highest BCUT2D eigenvalue weighted by molar-refractivity contribution is 9.09. The Labute approximate surface area is 172 Å². The summed E-state index contributed by atoms with van der Waals surface area (Å²) >= 11 is 3.54. The number of halogens is 1. The fourth-order valence-corrected chi connectivity index (χ4v) is 4.09. The highest BCUT2D eigenvalue weighted by Gasteiger charge is 2.10. The topological polar surface area (TPSA) is 0 Å². The van der Waals surface area contributed by atoms with Crippen LogP contribution in [0.2, 0.25) is 0 Å². The minimum absolute atomic E-state index is 1.01. The molecule has 3 rings (SSSR count). The summed E-state index contributed by atoms with van der Waals surface area (Å²) in [4.78, 5) is 0. The van der Waals surface area contributed by atoms with E-state index < -0.39 is 0 Å². The summed E-state index contributed by atoms with van der Waals surface area (Å²) < 4.78 is 0. The lowest BCUT2D eigenvalue weighted by atomic mass is 9.89. The van der Waals surface area contributed by atoms with E-state index in [9.17, 15) is 0 Å². The number of alkyl halides is 1. The van der Waals surface area contributed by atoms with Gasteiger partial charge >= 0.3 is 0 Å². The van der Waals surface area contributed by atoms with Gasteiger partial charge in [-0.25, -0.2) is 0 Å². The Balaban J connectivity index is 1.81. The van der Waals surface area contributed by atoms with E-state index in [1.807, 2.05) is 0 Å². The molecule has 0 aliphatic rings. The summed E-state index contributed by atoms with van der Waals surface area (Å²) in [5, 5.41) is 1.12. The van der Waals surface area contributed by atoms with Crippen LogP contribution in [0, 0.1) is 0 Å². The zero-order chi connectivity index (χ0) is 18.7. The molecule has 140 valence electrons. The molecule has 0 amide bonds. The molecule has 0 aromatic heterocycles. The number of benzene rings is 3. The molecular weight excluding hydrogens is 392 g/mol. The molecule has 3 aromatic carbocycles. The second-order valence-electron chi connectivity index (χ2n) is 7.23. The molecule has 0 spiro atoms. The van der Waals surface area contributed by atoms with E-state index in [4.69, 9.17) is 0 Å². The Morgan fingerprint density at radius 1 is 0.519 bits per heavy atom. The first-order chi connectivity index (χ1) is 13.4. The normalized spacial score (nSPS) is 10.9. The number of aryl methyl sites for hydroxylation is 1. The van der Waals surface area contributed by atoms with Gasteiger partial charge in [-0.05, 0) is 59.9 Å². The number of unbranched alkanes of at least 4 members (excludes halogenated alkanes) is 3. The van der Waals surface area contributed by atoms with Crippen LogP contribution < -0.4 is 0 Å². The van der Waals surface area contributed by atoms with Gasteiger partial charge in [0, 0.05) is 5.33 Å². The quantitative estimate of drug-likeness (QED) is 0.237. The summed E-state index contributed by atoms with van der Waals surface area (Å²) in [5.74, 6) is 0. The van der Waals surface area contributed by atoms with Gasteiger partial charge in [0.1, 0.15) is 0 Å². The molecule has 1 heteroatoms. The van der Waals surface area contributed by atoms with Gasteiger partial charge in [0.05, 0.1) is 0 Å².